The van der Waals surface area contributed by atoms with Gasteiger partial charge < -0.3 is 14.4 Å². The quantitative estimate of drug-likeness (QED) is 0.875. The predicted octanol–water partition coefficient (Wildman–Crippen LogP) is 1.56. The van der Waals surface area contributed by atoms with E-state index in [0.717, 1.165) is 10.9 Å². The fourth-order valence-corrected chi connectivity index (χ4v) is 1.62. The Kier molecular flexibility index (Phi) is 3.15. The molecule has 0 radical (unpaired) electrons. The maximum absolute atomic E-state index is 11.5. The van der Waals surface area contributed by atoms with Gasteiger partial charge in [0.15, 0.2) is 0 Å². The smallest absolute Gasteiger partial charge is 0.229 e. The number of hydrogen-bond donors (Lipinski definition) is 1. The molecular formula is C13H15NO3. The number of furan rings is 1. The van der Waals surface area contributed by atoms with Gasteiger partial charge in [-0.1, -0.05) is 12.1 Å². The number of carbonyl (C=O) groups is 1. The summed E-state index contributed by atoms with van der Waals surface area (Å²) >= 11 is 0. The highest BCUT2D eigenvalue weighted by molar-refractivity contribution is 5.82. The number of aliphatic hydroxyl groups excluding tert-OH is 1. The molecule has 4 heteroatoms. The van der Waals surface area contributed by atoms with Gasteiger partial charge in [-0.2, -0.15) is 0 Å². The van der Waals surface area contributed by atoms with Crippen LogP contribution in [0.4, 0.5) is 0 Å². The van der Waals surface area contributed by atoms with Crippen LogP contribution >= 0.6 is 0 Å². The molecule has 90 valence electrons. The lowest BCUT2D eigenvalue weighted by atomic mass is 10.2. The van der Waals surface area contributed by atoms with Crippen LogP contribution < -0.4 is 0 Å². The first-order valence-electron chi connectivity index (χ1n) is 5.42. The molecular weight excluding hydrogens is 218 g/mol. The zero-order valence-corrected chi connectivity index (χ0v) is 9.93. The van der Waals surface area contributed by atoms with E-state index in [-0.39, 0.29) is 18.9 Å². The van der Waals surface area contributed by atoms with Gasteiger partial charge >= 0.3 is 0 Å². The van der Waals surface area contributed by atoms with E-state index in [9.17, 15) is 4.79 Å². The molecule has 0 aliphatic rings. The maximum atomic E-state index is 11.5. The van der Waals surface area contributed by atoms with Crippen molar-refractivity contribution < 1.29 is 14.3 Å². The molecule has 0 bridgehead atoms. The number of fused-ring (bicyclic) bond motifs is 1. The van der Waals surface area contributed by atoms with Crippen LogP contribution in [-0.2, 0) is 17.8 Å². The van der Waals surface area contributed by atoms with Crippen molar-refractivity contribution in [3.8, 4) is 0 Å². The van der Waals surface area contributed by atoms with Crippen LogP contribution in [0.1, 0.15) is 11.3 Å². The topological polar surface area (TPSA) is 53.7 Å². The molecule has 0 spiro atoms. The van der Waals surface area contributed by atoms with E-state index in [1.807, 2.05) is 18.2 Å². The average molecular weight is 233 g/mol. The molecule has 2 aromatic rings. The zero-order chi connectivity index (χ0) is 12.4. The van der Waals surface area contributed by atoms with E-state index in [0.29, 0.717) is 11.3 Å². The number of nitrogens with zero attached hydrogens (tertiary/aromatic N) is 1. The predicted molar refractivity (Wildman–Crippen MR) is 64.5 cm³/mol. The van der Waals surface area contributed by atoms with Crippen molar-refractivity contribution in [3.63, 3.8) is 0 Å². The molecule has 4 nitrogen and oxygen atoms in total. The van der Waals surface area contributed by atoms with Crippen LogP contribution in [0.3, 0.4) is 0 Å². The number of hydrogen-bond acceptors (Lipinski definition) is 3. The van der Waals surface area contributed by atoms with Gasteiger partial charge in [-0.25, -0.2) is 0 Å². The van der Waals surface area contributed by atoms with Crippen molar-refractivity contribution in [1.29, 1.82) is 0 Å². The van der Waals surface area contributed by atoms with Crippen molar-refractivity contribution in [3.05, 3.63) is 35.6 Å². The summed E-state index contributed by atoms with van der Waals surface area (Å²) in [5, 5.41) is 9.97. The van der Waals surface area contributed by atoms with Gasteiger partial charge in [0, 0.05) is 19.5 Å². The Hall–Kier alpha value is -1.81. The van der Waals surface area contributed by atoms with Crippen LogP contribution in [0.2, 0.25) is 0 Å². The molecule has 1 N–H and O–H groups in total. The minimum atomic E-state index is -0.0113. The first kappa shape index (κ1) is 11.7. The second kappa shape index (κ2) is 4.59. The monoisotopic (exact) mass is 233 g/mol. The van der Waals surface area contributed by atoms with Gasteiger partial charge in [0.1, 0.15) is 11.3 Å². The number of benzene rings is 1. The lowest BCUT2D eigenvalue weighted by Gasteiger charge is -2.07. The van der Waals surface area contributed by atoms with Gasteiger partial charge in [0.05, 0.1) is 13.0 Å². The van der Waals surface area contributed by atoms with Crippen molar-refractivity contribution in [1.82, 2.24) is 4.90 Å². The van der Waals surface area contributed by atoms with Crippen LogP contribution in [0, 0.1) is 0 Å². The van der Waals surface area contributed by atoms with Crippen molar-refractivity contribution >= 4 is 16.9 Å². The summed E-state index contributed by atoms with van der Waals surface area (Å²) in [5.41, 5.74) is 1.51. The highest BCUT2D eigenvalue weighted by Gasteiger charge is 2.10. The second-order valence-corrected chi connectivity index (χ2v) is 4.21. The Morgan fingerprint density at radius 3 is 2.76 bits per heavy atom. The van der Waals surface area contributed by atoms with Crippen LogP contribution in [-0.4, -0.2) is 30.0 Å². The van der Waals surface area contributed by atoms with Crippen molar-refractivity contribution in [2.24, 2.45) is 0 Å². The molecule has 0 fully saturated rings. The van der Waals surface area contributed by atoms with E-state index >= 15 is 0 Å². The summed E-state index contributed by atoms with van der Waals surface area (Å²) in [7, 11) is 3.43. The van der Waals surface area contributed by atoms with E-state index in [4.69, 9.17) is 9.52 Å². The normalized spacial score (nSPS) is 10.8. The Bertz CT molecular complexity index is 543. The molecule has 0 saturated heterocycles. The molecule has 1 heterocycles. The van der Waals surface area contributed by atoms with Crippen LogP contribution in [0.25, 0.3) is 11.0 Å². The Labute approximate surface area is 99.4 Å². The van der Waals surface area contributed by atoms with E-state index in [1.54, 1.807) is 20.2 Å². The third kappa shape index (κ3) is 2.47. The zero-order valence-electron chi connectivity index (χ0n) is 9.93. The van der Waals surface area contributed by atoms with E-state index < -0.39 is 0 Å². The first-order chi connectivity index (χ1) is 8.10. The molecule has 0 saturated carbocycles. The van der Waals surface area contributed by atoms with Crippen LogP contribution in [0.5, 0.6) is 0 Å². The first-order valence-corrected chi connectivity index (χ1v) is 5.42. The van der Waals surface area contributed by atoms with Gasteiger partial charge in [0.25, 0.3) is 0 Å². The molecule has 0 unspecified atom stereocenters. The summed E-state index contributed by atoms with van der Waals surface area (Å²) in [6.45, 7) is -0.0113. The largest absolute Gasteiger partial charge is 0.461 e. The SMILES string of the molecule is CN(C)C(=O)Cc1cc2ccc(CO)cc2o1. The second-order valence-electron chi connectivity index (χ2n) is 4.21. The Morgan fingerprint density at radius 2 is 2.12 bits per heavy atom. The number of carbonyl (C=O) groups excluding carboxylic acids is 1. The standard InChI is InChI=1S/C13H15NO3/c1-14(2)13(16)7-11-6-10-4-3-9(8-15)5-12(10)17-11/h3-6,15H,7-8H2,1-2H3. The molecule has 1 aromatic heterocycles. The number of likely N-dealkylation sites (N-methyl/N-ethyl adjacent to an activating group) is 1. The summed E-state index contributed by atoms with van der Waals surface area (Å²) in [6, 6.07) is 7.38. The molecule has 0 atom stereocenters. The molecule has 0 aliphatic carbocycles. The van der Waals surface area contributed by atoms with E-state index in [1.165, 1.54) is 4.90 Å². The van der Waals surface area contributed by atoms with Gasteiger partial charge in [-0.15, -0.1) is 0 Å². The Balaban J connectivity index is 2.28. The molecule has 1 aromatic carbocycles. The number of aliphatic hydroxyl groups is 1. The highest BCUT2D eigenvalue weighted by atomic mass is 16.3. The summed E-state index contributed by atoms with van der Waals surface area (Å²) in [5.74, 6) is 0.653. The van der Waals surface area contributed by atoms with Crippen LogP contribution in [0.15, 0.2) is 28.7 Å². The maximum Gasteiger partial charge on any atom is 0.229 e. The summed E-state index contributed by atoms with van der Waals surface area (Å²) in [6.07, 6.45) is 0.260. The fourth-order valence-electron chi connectivity index (χ4n) is 1.62. The van der Waals surface area contributed by atoms with Crippen molar-refractivity contribution in [2.45, 2.75) is 13.0 Å². The van der Waals surface area contributed by atoms with E-state index in [2.05, 4.69) is 0 Å². The van der Waals surface area contributed by atoms with Crippen molar-refractivity contribution in [2.75, 3.05) is 14.1 Å². The van der Waals surface area contributed by atoms with Gasteiger partial charge in [-0.3, -0.25) is 4.79 Å². The number of rotatable bonds is 3. The molecule has 1 amide bonds. The molecule has 2 rings (SSSR count). The molecule has 0 aliphatic heterocycles. The van der Waals surface area contributed by atoms with Gasteiger partial charge in [0.2, 0.25) is 5.91 Å². The van der Waals surface area contributed by atoms with Gasteiger partial charge in [-0.05, 0) is 17.7 Å². The summed E-state index contributed by atoms with van der Waals surface area (Å²) in [4.78, 5) is 13.1. The average Bonchev–Trinajstić information content (AvgIpc) is 2.69. The highest BCUT2D eigenvalue weighted by Crippen LogP contribution is 2.21. The Morgan fingerprint density at radius 1 is 1.35 bits per heavy atom. The minimum absolute atomic E-state index is 0.00596. The number of amides is 1. The fraction of sp³-hybridized carbons (Fsp3) is 0.308. The lowest BCUT2D eigenvalue weighted by Crippen LogP contribution is -2.23. The third-order valence-corrected chi connectivity index (χ3v) is 2.64. The third-order valence-electron chi connectivity index (χ3n) is 2.64. The minimum Gasteiger partial charge on any atom is -0.461 e. The lowest BCUT2D eigenvalue weighted by molar-refractivity contribution is -0.128. The summed E-state index contributed by atoms with van der Waals surface area (Å²) < 4.78 is 5.57. The molecule has 17 heavy (non-hydrogen) atoms.